The van der Waals surface area contributed by atoms with Crippen LogP contribution >= 0.6 is 15.9 Å². The number of carbonyl (C=O) groups is 1. The van der Waals surface area contributed by atoms with E-state index < -0.39 is 0 Å². The maximum absolute atomic E-state index is 12.1. The van der Waals surface area contributed by atoms with Gasteiger partial charge in [-0.1, -0.05) is 15.9 Å². The summed E-state index contributed by atoms with van der Waals surface area (Å²) in [6, 6.07) is 10.9. The number of hydrogen-bond acceptors (Lipinski definition) is 4. The average Bonchev–Trinajstić information content (AvgIpc) is 3.03. The highest BCUT2D eigenvalue weighted by molar-refractivity contribution is 9.10. The Balaban J connectivity index is 1.70. The molecule has 0 saturated carbocycles. The SMILES string of the molecule is CCOc1ccc(Br)cc1/C=C/C(=O)Nc1ccc2c(c1)OCO2. The van der Waals surface area contributed by atoms with Gasteiger partial charge in [0.15, 0.2) is 11.5 Å². The summed E-state index contributed by atoms with van der Waals surface area (Å²) in [5, 5.41) is 2.79. The molecule has 0 aromatic heterocycles. The molecule has 0 radical (unpaired) electrons. The molecule has 0 fully saturated rings. The van der Waals surface area contributed by atoms with Gasteiger partial charge < -0.3 is 19.5 Å². The number of anilines is 1. The summed E-state index contributed by atoms with van der Waals surface area (Å²) in [5.74, 6) is 1.80. The molecule has 0 atom stereocenters. The van der Waals surface area contributed by atoms with Crippen molar-refractivity contribution in [3.63, 3.8) is 0 Å². The fourth-order valence-corrected chi connectivity index (χ4v) is 2.64. The van der Waals surface area contributed by atoms with Gasteiger partial charge in [-0.15, -0.1) is 0 Å². The number of nitrogens with one attached hydrogen (secondary N) is 1. The Morgan fingerprint density at radius 3 is 2.92 bits per heavy atom. The largest absolute Gasteiger partial charge is 0.493 e. The number of benzene rings is 2. The van der Waals surface area contributed by atoms with Crippen LogP contribution in [0, 0.1) is 0 Å². The topological polar surface area (TPSA) is 56.8 Å². The van der Waals surface area contributed by atoms with Crippen molar-refractivity contribution in [3.8, 4) is 17.2 Å². The summed E-state index contributed by atoms with van der Waals surface area (Å²) in [5.41, 5.74) is 1.47. The van der Waals surface area contributed by atoms with E-state index in [0.717, 1.165) is 15.8 Å². The van der Waals surface area contributed by atoms with Crippen LogP contribution in [0.15, 0.2) is 46.9 Å². The summed E-state index contributed by atoms with van der Waals surface area (Å²) in [4.78, 5) is 12.1. The van der Waals surface area contributed by atoms with Crippen molar-refractivity contribution in [3.05, 3.63) is 52.5 Å². The molecule has 1 aliphatic rings. The molecule has 5 nitrogen and oxygen atoms in total. The molecule has 24 heavy (non-hydrogen) atoms. The number of halogens is 1. The zero-order valence-corrected chi connectivity index (χ0v) is 14.6. The molecule has 0 saturated heterocycles. The van der Waals surface area contributed by atoms with Gasteiger partial charge in [0.2, 0.25) is 12.7 Å². The van der Waals surface area contributed by atoms with Crippen LogP contribution in [0.5, 0.6) is 17.2 Å². The molecule has 1 heterocycles. The van der Waals surface area contributed by atoms with Crippen LogP contribution < -0.4 is 19.5 Å². The van der Waals surface area contributed by atoms with Crippen LogP contribution in [0.2, 0.25) is 0 Å². The van der Waals surface area contributed by atoms with Gasteiger partial charge in [-0.3, -0.25) is 4.79 Å². The zero-order chi connectivity index (χ0) is 16.9. The van der Waals surface area contributed by atoms with Crippen molar-refractivity contribution in [2.75, 3.05) is 18.7 Å². The van der Waals surface area contributed by atoms with E-state index in [1.54, 1.807) is 24.3 Å². The third-order valence-corrected chi connectivity index (χ3v) is 3.82. The Kier molecular flexibility index (Phi) is 5.05. The average molecular weight is 390 g/mol. The Bertz CT molecular complexity index is 789. The Hall–Kier alpha value is -2.47. The van der Waals surface area contributed by atoms with Crippen molar-refractivity contribution >= 4 is 33.6 Å². The fraction of sp³-hybridized carbons (Fsp3) is 0.167. The van der Waals surface area contributed by atoms with Crippen LogP contribution in [0.4, 0.5) is 5.69 Å². The van der Waals surface area contributed by atoms with Crippen molar-refractivity contribution in [1.29, 1.82) is 0 Å². The van der Waals surface area contributed by atoms with E-state index in [1.165, 1.54) is 6.08 Å². The molecule has 124 valence electrons. The second-order valence-corrected chi connectivity index (χ2v) is 5.92. The highest BCUT2D eigenvalue weighted by Crippen LogP contribution is 2.34. The quantitative estimate of drug-likeness (QED) is 0.777. The van der Waals surface area contributed by atoms with Crippen molar-refractivity contribution < 1.29 is 19.0 Å². The number of carbonyl (C=O) groups excluding carboxylic acids is 1. The van der Waals surface area contributed by atoms with E-state index in [-0.39, 0.29) is 12.7 Å². The van der Waals surface area contributed by atoms with E-state index in [9.17, 15) is 4.79 Å². The van der Waals surface area contributed by atoms with Crippen LogP contribution in [0.3, 0.4) is 0 Å². The van der Waals surface area contributed by atoms with Crippen LogP contribution in [-0.4, -0.2) is 19.3 Å². The van der Waals surface area contributed by atoms with Gasteiger partial charge in [0.05, 0.1) is 6.61 Å². The molecular weight excluding hydrogens is 374 g/mol. The van der Waals surface area contributed by atoms with Crippen molar-refractivity contribution in [2.24, 2.45) is 0 Å². The van der Waals surface area contributed by atoms with Gasteiger partial charge in [-0.05, 0) is 43.3 Å². The second-order valence-electron chi connectivity index (χ2n) is 5.01. The zero-order valence-electron chi connectivity index (χ0n) is 13.0. The Morgan fingerprint density at radius 1 is 1.25 bits per heavy atom. The second kappa shape index (κ2) is 7.40. The lowest BCUT2D eigenvalue weighted by Gasteiger charge is -2.07. The molecule has 0 bridgehead atoms. The third kappa shape index (κ3) is 3.89. The smallest absolute Gasteiger partial charge is 0.248 e. The first-order valence-electron chi connectivity index (χ1n) is 7.47. The van der Waals surface area contributed by atoms with Crippen LogP contribution in [0.25, 0.3) is 6.08 Å². The van der Waals surface area contributed by atoms with Gasteiger partial charge in [0.1, 0.15) is 5.75 Å². The van der Waals surface area contributed by atoms with Gasteiger partial charge >= 0.3 is 0 Å². The number of amides is 1. The molecule has 1 aliphatic heterocycles. The van der Waals surface area contributed by atoms with E-state index in [0.29, 0.717) is 23.8 Å². The maximum atomic E-state index is 12.1. The molecule has 6 heteroatoms. The summed E-state index contributed by atoms with van der Waals surface area (Å²) in [6.07, 6.45) is 3.19. The lowest BCUT2D eigenvalue weighted by atomic mass is 10.2. The number of fused-ring (bicyclic) bond motifs is 1. The summed E-state index contributed by atoms with van der Waals surface area (Å²) >= 11 is 3.42. The number of rotatable bonds is 5. The van der Waals surface area contributed by atoms with Gasteiger partial charge in [0.25, 0.3) is 0 Å². The van der Waals surface area contributed by atoms with E-state index in [1.807, 2.05) is 25.1 Å². The molecule has 1 amide bonds. The number of ether oxygens (including phenoxy) is 3. The summed E-state index contributed by atoms with van der Waals surface area (Å²) in [7, 11) is 0. The lowest BCUT2D eigenvalue weighted by molar-refractivity contribution is -0.111. The minimum absolute atomic E-state index is 0.204. The maximum Gasteiger partial charge on any atom is 0.248 e. The minimum Gasteiger partial charge on any atom is -0.493 e. The first-order valence-corrected chi connectivity index (χ1v) is 8.26. The monoisotopic (exact) mass is 389 g/mol. The van der Waals surface area contributed by atoms with Crippen LogP contribution in [0.1, 0.15) is 12.5 Å². The number of hydrogen-bond donors (Lipinski definition) is 1. The van der Waals surface area contributed by atoms with Gasteiger partial charge in [-0.2, -0.15) is 0 Å². The molecule has 1 N–H and O–H groups in total. The summed E-state index contributed by atoms with van der Waals surface area (Å²) < 4.78 is 17.0. The fourth-order valence-electron chi connectivity index (χ4n) is 2.26. The predicted molar refractivity (Wildman–Crippen MR) is 95.5 cm³/mol. The molecule has 3 rings (SSSR count). The Morgan fingerprint density at radius 2 is 2.08 bits per heavy atom. The molecule has 2 aromatic rings. The lowest BCUT2D eigenvalue weighted by Crippen LogP contribution is -2.07. The highest BCUT2D eigenvalue weighted by atomic mass is 79.9. The molecule has 0 spiro atoms. The molecule has 0 aliphatic carbocycles. The van der Waals surface area contributed by atoms with E-state index in [4.69, 9.17) is 14.2 Å². The molecule has 2 aromatic carbocycles. The van der Waals surface area contributed by atoms with Gasteiger partial charge in [-0.25, -0.2) is 0 Å². The van der Waals surface area contributed by atoms with E-state index >= 15 is 0 Å². The van der Waals surface area contributed by atoms with Crippen molar-refractivity contribution in [2.45, 2.75) is 6.92 Å². The highest BCUT2D eigenvalue weighted by Gasteiger charge is 2.13. The van der Waals surface area contributed by atoms with E-state index in [2.05, 4.69) is 21.2 Å². The predicted octanol–water partition coefficient (Wildman–Crippen LogP) is 4.23. The molecule has 0 unspecified atom stereocenters. The van der Waals surface area contributed by atoms with Crippen molar-refractivity contribution in [1.82, 2.24) is 0 Å². The standard InChI is InChI=1S/C18H16BrNO4/c1-2-22-15-6-4-13(19)9-12(15)3-8-18(21)20-14-5-7-16-17(10-14)24-11-23-16/h3-10H,2,11H2,1H3,(H,20,21)/b8-3+. The first-order chi connectivity index (χ1) is 11.7. The summed E-state index contributed by atoms with van der Waals surface area (Å²) in [6.45, 7) is 2.68. The minimum atomic E-state index is -0.240. The Labute approximate surface area is 148 Å². The van der Waals surface area contributed by atoms with Crippen LogP contribution in [-0.2, 0) is 4.79 Å². The normalized spacial score (nSPS) is 12.4. The first kappa shape index (κ1) is 16.4. The van der Waals surface area contributed by atoms with Gasteiger partial charge in [0, 0.05) is 27.9 Å². The third-order valence-electron chi connectivity index (χ3n) is 3.33. The molecular formula is C18H16BrNO4.